The van der Waals surface area contributed by atoms with Crippen LogP contribution in [0.4, 0.5) is 5.69 Å². The van der Waals surface area contributed by atoms with Crippen LogP contribution < -0.4 is 4.90 Å². The van der Waals surface area contributed by atoms with Crippen molar-refractivity contribution in [2.45, 2.75) is 38.4 Å². The monoisotopic (exact) mass is 327 g/mol. The third-order valence-electron chi connectivity index (χ3n) is 3.63. The van der Waals surface area contributed by atoms with Gasteiger partial charge in [0, 0.05) is 30.4 Å². The molecule has 0 aliphatic carbocycles. The van der Waals surface area contributed by atoms with Gasteiger partial charge in [0.05, 0.1) is 12.2 Å². The van der Waals surface area contributed by atoms with E-state index in [1.54, 1.807) is 6.92 Å². The van der Waals surface area contributed by atoms with E-state index in [0.717, 1.165) is 35.3 Å². The van der Waals surface area contributed by atoms with Crippen molar-refractivity contribution in [2.75, 3.05) is 25.1 Å². The van der Waals surface area contributed by atoms with E-state index >= 15 is 0 Å². The molecule has 0 saturated carbocycles. The highest BCUT2D eigenvalue weighted by molar-refractivity contribution is 9.10. The summed E-state index contributed by atoms with van der Waals surface area (Å²) in [4.78, 5) is 2.21. The molecule has 1 aromatic rings. The maximum absolute atomic E-state index is 9.63. The van der Waals surface area contributed by atoms with E-state index in [0.29, 0.717) is 6.10 Å². The number of likely N-dealkylation sites (N-methyl/N-ethyl adjacent to an activating group) is 1. The molecule has 1 unspecified atom stereocenters. The first-order valence-electron chi connectivity index (χ1n) is 6.88. The van der Waals surface area contributed by atoms with Crippen molar-refractivity contribution in [3.05, 3.63) is 28.2 Å². The summed E-state index contributed by atoms with van der Waals surface area (Å²) in [5.41, 5.74) is 2.07. The van der Waals surface area contributed by atoms with E-state index in [9.17, 15) is 5.11 Å². The van der Waals surface area contributed by atoms with Crippen LogP contribution in [0.1, 0.15) is 37.9 Å². The molecular formula is C15H22BrNO2. The molecule has 1 aliphatic rings. The quantitative estimate of drug-likeness (QED) is 0.918. The van der Waals surface area contributed by atoms with Gasteiger partial charge in [-0.2, -0.15) is 0 Å². The lowest BCUT2D eigenvalue weighted by molar-refractivity contribution is 0.0216. The molecule has 2 rings (SSSR count). The maximum atomic E-state index is 9.63. The molecule has 0 bridgehead atoms. The van der Waals surface area contributed by atoms with Crippen LogP contribution in [0.5, 0.6) is 0 Å². The first kappa shape index (κ1) is 14.8. The molecule has 0 amide bonds. The van der Waals surface area contributed by atoms with Gasteiger partial charge in [-0.15, -0.1) is 0 Å². The Morgan fingerprint density at radius 1 is 1.47 bits per heavy atom. The third kappa shape index (κ3) is 3.94. The highest BCUT2D eigenvalue weighted by Gasteiger charge is 2.17. The van der Waals surface area contributed by atoms with Gasteiger partial charge in [-0.1, -0.05) is 22.0 Å². The van der Waals surface area contributed by atoms with Crippen LogP contribution >= 0.6 is 15.9 Å². The normalized spacial score (nSPS) is 21.2. The maximum Gasteiger partial charge on any atom is 0.0772 e. The predicted molar refractivity (Wildman–Crippen MR) is 81.6 cm³/mol. The highest BCUT2D eigenvalue weighted by Crippen LogP contribution is 2.28. The fourth-order valence-electron chi connectivity index (χ4n) is 2.45. The lowest BCUT2D eigenvalue weighted by Crippen LogP contribution is -2.33. The Labute approximate surface area is 123 Å². The van der Waals surface area contributed by atoms with Gasteiger partial charge >= 0.3 is 0 Å². The van der Waals surface area contributed by atoms with E-state index < -0.39 is 6.10 Å². The number of rotatable bonds is 4. The van der Waals surface area contributed by atoms with Gasteiger partial charge in [-0.3, -0.25) is 0 Å². The standard InChI is InChI=1S/C15H22BrNO2/c1-11(18)14-7-6-12(9-15(14)16)17(2)10-13-5-3-4-8-19-13/h6-7,9,11,13,18H,3-5,8,10H2,1-2H3/t11-,13?/m0/s1. The van der Waals surface area contributed by atoms with E-state index in [1.807, 2.05) is 6.07 Å². The Balaban J connectivity index is 2.02. The molecule has 1 fully saturated rings. The Morgan fingerprint density at radius 2 is 2.26 bits per heavy atom. The van der Waals surface area contributed by atoms with E-state index in [1.165, 1.54) is 12.8 Å². The number of hydrogen-bond donors (Lipinski definition) is 1. The average molecular weight is 328 g/mol. The summed E-state index contributed by atoms with van der Waals surface area (Å²) in [6.07, 6.45) is 3.50. The summed E-state index contributed by atoms with van der Waals surface area (Å²) in [7, 11) is 2.09. The molecule has 0 spiro atoms. The second-order valence-corrected chi connectivity index (χ2v) is 6.11. The van der Waals surface area contributed by atoms with Crippen molar-refractivity contribution in [2.24, 2.45) is 0 Å². The van der Waals surface area contributed by atoms with Gasteiger partial charge < -0.3 is 14.7 Å². The number of halogens is 1. The summed E-state index contributed by atoms with van der Waals surface area (Å²) in [5.74, 6) is 0. The van der Waals surface area contributed by atoms with Crippen molar-refractivity contribution in [1.29, 1.82) is 0 Å². The van der Waals surface area contributed by atoms with E-state index in [4.69, 9.17) is 4.74 Å². The Kier molecular flexibility index (Phi) is 5.25. The lowest BCUT2D eigenvalue weighted by atomic mass is 10.1. The number of aliphatic hydroxyl groups is 1. The molecule has 0 aromatic heterocycles. The zero-order chi connectivity index (χ0) is 13.8. The van der Waals surface area contributed by atoms with Gasteiger partial charge in [-0.25, -0.2) is 0 Å². The fraction of sp³-hybridized carbons (Fsp3) is 0.600. The van der Waals surface area contributed by atoms with Gasteiger partial charge in [-0.05, 0) is 43.9 Å². The predicted octanol–water partition coefficient (Wildman–Crippen LogP) is 3.51. The number of nitrogens with zero attached hydrogens (tertiary/aromatic N) is 1. The van der Waals surface area contributed by atoms with Crippen molar-refractivity contribution in [1.82, 2.24) is 0 Å². The second kappa shape index (κ2) is 6.73. The molecule has 1 aliphatic heterocycles. The SMILES string of the molecule is C[C@H](O)c1ccc(N(C)CC2CCCCO2)cc1Br. The molecule has 0 radical (unpaired) electrons. The molecule has 4 heteroatoms. The lowest BCUT2D eigenvalue weighted by Gasteiger charge is -2.29. The minimum absolute atomic E-state index is 0.342. The van der Waals surface area contributed by atoms with Gasteiger partial charge in [0.2, 0.25) is 0 Å². The summed E-state index contributed by atoms with van der Waals surface area (Å²) in [6.45, 7) is 3.59. The zero-order valence-electron chi connectivity index (χ0n) is 11.6. The van der Waals surface area contributed by atoms with Crippen molar-refractivity contribution in [3.63, 3.8) is 0 Å². The zero-order valence-corrected chi connectivity index (χ0v) is 13.2. The Hall–Kier alpha value is -0.580. The molecule has 1 heterocycles. The smallest absolute Gasteiger partial charge is 0.0772 e. The average Bonchev–Trinajstić information content (AvgIpc) is 2.39. The molecule has 19 heavy (non-hydrogen) atoms. The van der Waals surface area contributed by atoms with Crippen molar-refractivity contribution < 1.29 is 9.84 Å². The van der Waals surface area contributed by atoms with Crippen molar-refractivity contribution >= 4 is 21.6 Å². The van der Waals surface area contributed by atoms with Crippen LogP contribution in [0.2, 0.25) is 0 Å². The molecule has 3 nitrogen and oxygen atoms in total. The number of ether oxygens (including phenoxy) is 1. The van der Waals surface area contributed by atoms with Crippen molar-refractivity contribution in [3.8, 4) is 0 Å². The van der Waals surface area contributed by atoms with Crippen LogP contribution in [0, 0.1) is 0 Å². The first-order chi connectivity index (χ1) is 9.08. The Bertz CT molecular complexity index is 417. The summed E-state index contributed by atoms with van der Waals surface area (Å²) in [5, 5.41) is 9.63. The third-order valence-corrected chi connectivity index (χ3v) is 4.31. The molecule has 2 atom stereocenters. The van der Waals surface area contributed by atoms with Crippen LogP contribution in [0.15, 0.2) is 22.7 Å². The van der Waals surface area contributed by atoms with E-state index in [-0.39, 0.29) is 0 Å². The molecule has 1 aromatic carbocycles. The highest BCUT2D eigenvalue weighted by atomic mass is 79.9. The van der Waals surface area contributed by atoms with E-state index in [2.05, 4.69) is 40.0 Å². The largest absolute Gasteiger partial charge is 0.389 e. The topological polar surface area (TPSA) is 32.7 Å². The van der Waals surface area contributed by atoms with Crippen LogP contribution in [-0.4, -0.2) is 31.4 Å². The Morgan fingerprint density at radius 3 is 2.84 bits per heavy atom. The van der Waals surface area contributed by atoms with Crippen LogP contribution in [0.3, 0.4) is 0 Å². The minimum atomic E-state index is -0.449. The summed E-state index contributed by atoms with van der Waals surface area (Å²) in [6, 6.07) is 6.09. The second-order valence-electron chi connectivity index (χ2n) is 5.25. The number of benzene rings is 1. The van der Waals surface area contributed by atoms with Gasteiger partial charge in [0.25, 0.3) is 0 Å². The van der Waals surface area contributed by atoms with Gasteiger partial charge in [0.15, 0.2) is 0 Å². The number of anilines is 1. The minimum Gasteiger partial charge on any atom is -0.389 e. The van der Waals surface area contributed by atoms with Gasteiger partial charge in [0.1, 0.15) is 0 Å². The fourth-order valence-corrected chi connectivity index (χ4v) is 3.15. The molecule has 106 valence electrons. The first-order valence-corrected chi connectivity index (χ1v) is 7.67. The number of hydrogen-bond acceptors (Lipinski definition) is 3. The van der Waals surface area contributed by atoms with Crippen LogP contribution in [0.25, 0.3) is 0 Å². The molecule has 1 N–H and O–H groups in total. The van der Waals surface area contributed by atoms with Crippen LogP contribution in [-0.2, 0) is 4.74 Å². The molecular weight excluding hydrogens is 306 g/mol. The molecule has 1 saturated heterocycles. The summed E-state index contributed by atoms with van der Waals surface area (Å²) < 4.78 is 6.72. The number of aliphatic hydroxyl groups excluding tert-OH is 1. The summed E-state index contributed by atoms with van der Waals surface area (Å²) >= 11 is 3.52.